The number of anilines is 2. The Morgan fingerprint density at radius 1 is 1.11 bits per heavy atom. The van der Waals surface area contributed by atoms with E-state index in [1.165, 1.54) is 6.07 Å². The van der Waals surface area contributed by atoms with Crippen LogP contribution in [0.5, 0.6) is 0 Å². The third-order valence-electron chi connectivity index (χ3n) is 5.63. The Labute approximate surface area is 207 Å². The fourth-order valence-electron chi connectivity index (χ4n) is 3.58. The number of pyridine rings is 1. The highest BCUT2D eigenvalue weighted by atomic mass is 35.5. The second-order valence-corrected chi connectivity index (χ2v) is 8.84. The van der Waals surface area contributed by atoms with Crippen molar-refractivity contribution in [1.82, 2.24) is 15.2 Å². The van der Waals surface area contributed by atoms with Crippen LogP contribution < -0.4 is 10.6 Å². The monoisotopic (exact) mass is 514 g/mol. The van der Waals surface area contributed by atoms with Gasteiger partial charge in [-0.15, -0.1) is 0 Å². The number of nitrogens with one attached hydrogen (secondary N) is 2. The van der Waals surface area contributed by atoms with Crippen LogP contribution in [-0.4, -0.2) is 68.9 Å². The molecule has 0 bridgehead atoms. The summed E-state index contributed by atoms with van der Waals surface area (Å²) in [6, 6.07) is 8.97. The Balaban J connectivity index is 0.000000420. The van der Waals surface area contributed by atoms with Gasteiger partial charge in [0.15, 0.2) is 5.69 Å². The maximum Gasteiger partial charge on any atom is 0.434 e. The summed E-state index contributed by atoms with van der Waals surface area (Å²) in [5.74, 6) is -0.625. The van der Waals surface area contributed by atoms with E-state index < -0.39 is 23.3 Å². The van der Waals surface area contributed by atoms with Crippen LogP contribution in [0.2, 0.25) is 5.02 Å². The molecule has 4 rings (SSSR count). The zero-order chi connectivity index (χ0) is 25.3. The first-order valence-electron chi connectivity index (χ1n) is 11.5. The number of morpholine rings is 1. The van der Waals surface area contributed by atoms with Crippen molar-refractivity contribution in [3.8, 4) is 0 Å². The highest BCUT2D eigenvalue weighted by Gasteiger charge is 2.37. The number of nitrogens with zero attached hydrogens (tertiary/aromatic N) is 2. The highest BCUT2D eigenvalue weighted by Crippen LogP contribution is 2.32. The molecular weight excluding hydrogens is 485 g/mol. The van der Waals surface area contributed by atoms with Gasteiger partial charge in [-0.2, -0.15) is 13.2 Å². The van der Waals surface area contributed by atoms with Crippen molar-refractivity contribution in [2.24, 2.45) is 5.92 Å². The Kier molecular flexibility index (Phi) is 10.1. The smallest absolute Gasteiger partial charge is 0.381 e. The number of ether oxygens (including phenoxy) is 2. The minimum absolute atomic E-state index is 0.0319. The van der Waals surface area contributed by atoms with Crippen LogP contribution in [0.1, 0.15) is 28.9 Å². The standard InChI is InChI=1S/C19H19ClF3N3O2.C5H11NO/c20-13-2-1-3-14(10-13)25-16-5-4-15(17(26-16)19(21,22)23)18(27)24-11-12-6-8-28-9-7-12;1-6-2-4-7-5-3-6/h1-5,10,12H,6-9,11H2,(H,24,27)(H,25,26);2-5H2,1H3. The van der Waals surface area contributed by atoms with Gasteiger partial charge < -0.3 is 25.0 Å². The summed E-state index contributed by atoms with van der Waals surface area (Å²) in [5.41, 5.74) is -1.25. The molecule has 0 unspecified atom stereocenters. The van der Waals surface area contributed by atoms with Crippen molar-refractivity contribution in [2.45, 2.75) is 19.0 Å². The lowest BCUT2D eigenvalue weighted by molar-refractivity contribution is -0.141. The first kappa shape index (κ1) is 27.2. The summed E-state index contributed by atoms with van der Waals surface area (Å²) in [5, 5.41) is 5.79. The molecule has 2 N–H and O–H groups in total. The number of alkyl halides is 3. The Bertz CT molecular complexity index is 965. The molecule has 0 aliphatic carbocycles. The van der Waals surface area contributed by atoms with E-state index in [2.05, 4.69) is 27.6 Å². The minimum Gasteiger partial charge on any atom is -0.381 e. The van der Waals surface area contributed by atoms with Crippen molar-refractivity contribution >= 4 is 29.0 Å². The molecule has 0 atom stereocenters. The van der Waals surface area contributed by atoms with Crippen molar-refractivity contribution in [3.63, 3.8) is 0 Å². The van der Waals surface area contributed by atoms with E-state index in [-0.39, 0.29) is 11.7 Å². The molecule has 7 nitrogen and oxygen atoms in total. The van der Waals surface area contributed by atoms with E-state index in [0.717, 1.165) is 45.2 Å². The van der Waals surface area contributed by atoms with E-state index in [1.54, 1.807) is 24.3 Å². The van der Waals surface area contributed by atoms with Gasteiger partial charge in [0.2, 0.25) is 0 Å². The van der Waals surface area contributed by atoms with E-state index in [9.17, 15) is 18.0 Å². The molecule has 0 radical (unpaired) electrons. The summed E-state index contributed by atoms with van der Waals surface area (Å²) in [7, 11) is 2.11. The number of carbonyl (C=O) groups is 1. The van der Waals surface area contributed by atoms with Crippen LogP contribution >= 0.6 is 11.6 Å². The van der Waals surface area contributed by atoms with Gasteiger partial charge in [0, 0.05) is 43.6 Å². The number of hydrogen-bond donors (Lipinski definition) is 2. The summed E-state index contributed by atoms with van der Waals surface area (Å²) in [6.45, 7) is 5.52. The van der Waals surface area contributed by atoms with Gasteiger partial charge in [0.1, 0.15) is 5.82 Å². The van der Waals surface area contributed by atoms with Gasteiger partial charge in [0.05, 0.1) is 18.8 Å². The number of likely N-dealkylation sites (N-methyl/N-ethyl adjacent to an activating group) is 1. The van der Waals surface area contributed by atoms with Gasteiger partial charge in [-0.3, -0.25) is 4.79 Å². The number of halogens is 4. The van der Waals surface area contributed by atoms with Crippen LogP contribution in [0.25, 0.3) is 0 Å². The Hall–Kier alpha value is -2.40. The second kappa shape index (κ2) is 13.1. The van der Waals surface area contributed by atoms with Crippen LogP contribution in [0, 0.1) is 5.92 Å². The van der Waals surface area contributed by atoms with Crippen molar-refractivity contribution in [3.05, 3.63) is 52.7 Å². The number of hydrogen-bond acceptors (Lipinski definition) is 6. The topological polar surface area (TPSA) is 75.7 Å². The molecule has 35 heavy (non-hydrogen) atoms. The molecule has 192 valence electrons. The van der Waals surface area contributed by atoms with Crippen molar-refractivity contribution < 1.29 is 27.4 Å². The van der Waals surface area contributed by atoms with E-state index in [4.69, 9.17) is 21.1 Å². The zero-order valence-electron chi connectivity index (χ0n) is 19.5. The van der Waals surface area contributed by atoms with E-state index >= 15 is 0 Å². The largest absolute Gasteiger partial charge is 0.434 e. The fourth-order valence-corrected chi connectivity index (χ4v) is 3.77. The molecular formula is C24H30ClF3N4O3. The Morgan fingerprint density at radius 3 is 2.40 bits per heavy atom. The lowest BCUT2D eigenvalue weighted by Gasteiger charge is -2.22. The number of carbonyl (C=O) groups excluding carboxylic acids is 1. The predicted molar refractivity (Wildman–Crippen MR) is 128 cm³/mol. The zero-order valence-corrected chi connectivity index (χ0v) is 20.3. The van der Waals surface area contributed by atoms with Crippen LogP contribution in [0.3, 0.4) is 0 Å². The number of amides is 1. The third kappa shape index (κ3) is 8.96. The quantitative estimate of drug-likeness (QED) is 0.607. The molecule has 2 aromatic rings. The van der Waals surface area contributed by atoms with Gasteiger partial charge in [0.25, 0.3) is 5.91 Å². The Morgan fingerprint density at radius 2 is 1.80 bits per heavy atom. The highest BCUT2D eigenvalue weighted by molar-refractivity contribution is 6.30. The van der Waals surface area contributed by atoms with Gasteiger partial charge in [-0.1, -0.05) is 17.7 Å². The first-order valence-corrected chi connectivity index (χ1v) is 11.8. The van der Waals surface area contributed by atoms with Gasteiger partial charge in [-0.05, 0) is 56.1 Å². The minimum atomic E-state index is -4.77. The lowest BCUT2D eigenvalue weighted by atomic mass is 10.0. The molecule has 2 aliphatic heterocycles. The number of aromatic nitrogens is 1. The normalized spacial score (nSPS) is 17.3. The first-order chi connectivity index (χ1) is 16.7. The molecule has 3 heterocycles. The average Bonchev–Trinajstić information content (AvgIpc) is 2.83. The van der Waals surface area contributed by atoms with Crippen molar-refractivity contribution in [1.29, 1.82) is 0 Å². The molecule has 1 amide bonds. The van der Waals surface area contributed by atoms with Gasteiger partial charge >= 0.3 is 6.18 Å². The fraction of sp³-hybridized carbons (Fsp3) is 0.500. The van der Waals surface area contributed by atoms with E-state index in [1.807, 2.05) is 0 Å². The van der Waals surface area contributed by atoms with Crippen LogP contribution in [0.4, 0.5) is 24.7 Å². The maximum absolute atomic E-state index is 13.5. The molecule has 0 saturated carbocycles. The summed E-state index contributed by atoms with van der Waals surface area (Å²) >= 11 is 5.88. The summed E-state index contributed by atoms with van der Waals surface area (Å²) in [6.07, 6.45) is -3.22. The molecule has 11 heteroatoms. The summed E-state index contributed by atoms with van der Waals surface area (Å²) in [4.78, 5) is 18.2. The molecule has 0 spiro atoms. The predicted octanol–water partition coefficient (Wildman–Crippen LogP) is 4.60. The molecule has 2 aliphatic rings. The lowest BCUT2D eigenvalue weighted by Crippen LogP contribution is -2.33. The SMILES string of the molecule is CN1CCOCC1.O=C(NCC1CCOCC1)c1ccc(Nc2cccc(Cl)c2)nc1C(F)(F)F. The maximum atomic E-state index is 13.5. The van der Waals surface area contributed by atoms with Crippen LogP contribution in [0.15, 0.2) is 36.4 Å². The van der Waals surface area contributed by atoms with E-state index in [0.29, 0.717) is 30.5 Å². The number of rotatable bonds is 5. The molecule has 2 fully saturated rings. The average molecular weight is 515 g/mol. The second-order valence-electron chi connectivity index (χ2n) is 8.41. The third-order valence-corrected chi connectivity index (χ3v) is 5.87. The molecule has 2 saturated heterocycles. The summed E-state index contributed by atoms with van der Waals surface area (Å²) < 4.78 is 50.8. The van der Waals surface area contributed by atoms with Crippen LogP contribution in [-0.2, 0) is 15.7 Å². The molecule has 1 aromatic heterocycles. The number of benzene rings is 1. The molecule has 1 aromatic carbocycles. The van der Waals surface area contributed by atoms with Gasteiger partial charge in [-0.25, -0.2) is 4.98 Å². The van der Waals surface area contributed by atoms with Crippen molar-refractivity contribution in [2.75, 3.05) is 58.4 Å².